The molecule has 104 valence electrons. The van der Waals surface area contributed by atoms with Gasteiger partial charge in [-0.05, 0) is 50.5 Å². The van der Waals surface area contributed by atoms with Crippen molar-refractivity contribution in [1.29, 1.82) is 0 Å². The largest absolute Gasteiger partial charge is 0.368 e. The molecule has 2 rings (SSSR count). The van der Waals surface area contributed by atoms with E-state index in [-0.39, 0.29) is 5.91 Å². The van der Waals surface area contributed by atoms with Gasteiger partial charge in [0.1, 0.15) is 0 Å². The molecule has 19 heavy (non-hydrogen) atoms. The van der Waals surface area contributed by atoms with E-state index in [4.69, 9.17) is 5.73 Å². The highest BCUT2D eigenvalue weighted by atomic mass is 79.9. The van der Waals surface area contributed by atoms with E-state index in [1.54, 1.807) is 11.8 Å². The maximum Gasteiger partial charge on any atom is 0.237 e. The molecule has 0 aromatic heterocycles. The molecular formula is C14H19BrN2OS. The van der Waals surface area contributed by atoms with Gasteiger partial charge in [-0.1, -0.05) is 15.9 Å². The van der Waals surface area contributed by atoms with Gasteiger partial charge in [-0.3, -0.25) is 4.79 Å². The first-order chi connectivity index (χ1) is 8.99. The van der Waals surface area contributed by atoms with Gasteiger partial charge >= 0.3 is 0 Å². The number of nitrogens with one attached hydrogen (secondary N) is 1. The van der Waals surface area contributed by atoms with E-state index >= 15 is 0 Å². The number of primary amides is 1. The Hall–Kier alpha value is -0.520. The minimum Gasteiger partial charge on any atom is -0.368 e. The summed E-state index contributed by atoms with van der Waals surface area (Å²) in [6, 6.07) is 8.68. The van der Waals surface area contributed by atoms with Crippen molar-refractivity contribution < 1.29 is 4.79 Å². The summed E-state index contributed by atoms with van der Waals surface area (Å²) in [5.74, 6) is 0.622. The van der Waals surface area contributed by atoms with Crippen molar-refractivity contribution >= 4 is 33.6 Å². The lowest BCUT2D eigenvalue weighted by molar-refractivity contribution is -0.124. The average Bonchev–Trinajstić information content (AvgIpc) is 3.15. The number of carbonyl (C=O) groups is 1. The van der Waals surface area contributed by atoms with Crippen molar-refractivity contribution in [2.24, 2.45) is 5.73 Å². The first-order valence-corrected chi connectivity index (χ1v) is 8.23. The third kappa shape index (κ3) is 4.51. The molecule has 0 heterocycles. The SMILES string of the molecule is CC(CCSc1ccc(Br)cc1)(NC1CC1)C(N)=O. The van der Waals surface area contributed by atoms with Gasteiger partial charge in [0.25, 0.3) is 0 Å². The van der Waals surface area contributed by atoms with Gasteiger partial charge in [0.15, 0.2) is 0 Å². The molecule has 1 atom stereocenters. The molecule has 1 amide bonds. The van der Waals surface area contributed by atoms with Crippen LogP contribution in [0.3, 0.4) is 0 Å². The Morgan fingerprint density at radius 1 is 1.47 bits per heavy atom. The van der Waals surface area contributed by atoms with E-state index in [0.29, 0.717) is 6.04 Å². The summed E-state index contributed by atoms with van der Waals surface area (Å²) < 4.78 is 1.08. The van der Waals surface area contributed by atoms with Crippen LogP contribution in [0.25, 0.3) is 0 Å². The van der Waals surface area contributed by atoms with E-state index in [1.165, 1.54) is 4.90 Å². The highest BCUT2D eigenvalue weighted by Crippen LogP contribution is 2.27. The number of carbonyl (C=O) groups excluding carboxylic acids is 1. The second-order valence-electron chi connectivity index (χ2n) is 5.17. The number of benzene rings is 1. The van der Waals surface area contributed by atoms with Crippen LogP contribution in [0.1, 0.15) is 26.2 Å². The molecule has 0 radical (unpaired) electrons. The number of hydrogen-bond donors (Lipinski definition) is 2. The molecule has 0 saturated heterocycles. The molecule has 3 N–H and O–H groups in total. The molecule has 1 unspecified atom stereocenters. The molecule has 5 heteroatoms. The van der Waals surface area contributed by atoms with Gasteiger partial charge in [-0.2, -0.15) is 0 Å². The standard InChI is InChI=1S/C14H19BrN2OS/c1-14(13(16)18,17-11-4-5-11)8-9-19-12-6-2-10(15)3-7-12/h2-3,6-7,11,17H,4-5,8-9H2,1H3,(H2,16,18). The predicted molar refractivity (Wildman–Crippen MR) is 83.2 cm³/mol. The highest BCUT2D eigenvalue weighted by Gasteiger charge is 2.36. The second-order valence-corrected chi connectivity index (χ2v) is 7.25. The average molecular weight is 343 g/mol. The molecule has 0 aliphatic heterocycles. The summed E-state index contributed by atoms with van der Waals surface area (Å²) >= 11 is 5.17. The lowest BCUT2D eigenvalue weighted by Gasteiger charge is -2.27. The van der Waals surface area contributed by atoms with Crippen LogP contribution in [0.4, 0.5) is 0 Å². The Kier molecular flexibility index (Phi) is 4.92. The number of nitrogens with two attached hydrogens (primary N) is 1. The number of hydrogen-bond acceptors (Lipinski definition) is 3. The number of thioether (sulfide) groups is 1. The molecule has 1 aliphatic carbocycles. The molecule has 0 bridgehead atoms. The lowest BCUT2D eigenvalue weighted by atomic mass is 9.98. The Labute approximate surface area is 126 Å². The summed E-state index contributed by atoms with van der Waals surface area (Å²) in [6.07, 6.45) is 3.06. The lowest BCUT2D eigenvalue weighted by Crippen LogP contribution is -2.54. The number of amides is 1. The van der Waals surface area contributed by atoms with Gasteiger partial charge in [0.2, 0.25) is 5.91 Å². The maximum atomic E-state index is 11.6. The fourth-order valence-electron chi connectivity index (χ4n) is 1.85. The van der Waals surface area contributed by atoms with Crippen LogP contribution in [0.2, 0.25) is 0 Å². The minimum absolute atomic E-state index is 0.254. The molecule has 1 aliphatic rings. The van der Waals surface area contributed by atoms with Crippen LogP contribution < -0.4 is 11.1 Å². The summed E-state index contributed by atoms with van der Waals surface area (Å²) in [5, 5.41) is 3.37. The molecule has 1 fully saturated rings. The summed E-state index contributed by atoms with van der Waals surface area (Å²) in [4.78, 5) is 12.8. The fourth-order valence-corrected chi connectivity index (χ4v) is 3.19. The summed E-state index contributed by atoms with van der Waals surface area (Å²) in [7, 11) is 0. The predicted octanol–water partition coefficient (Wildman–Crippen LogP) is 2.93. The van der Waals surface area contributed by atoms with Crippen LogP contribution in [-0.2, 0) is 4.79 Å². The Morgan fingerprint density at radius 2 is 2.11 bits per heavy atom. The minimum atomic E-state index is -0.580. The zero-order chi connectivity index (χ0) is 13.9. The zero-order valence-corrected chi connectivity index (χ0v) is 13.4. The smallest absolute Gasteiger partial charge is 0.237 e. The van der Waals surface area contributed by atoms with Crippen LogP contribution >= 0.6 is 27.7 Å². The quantitative estimate of drug-likeness (QED) is 0.749. The molecular weight excluding hydrogens is 324 g/mol. The van der Waals surface area contributed by atoms with Gasteiger partial charge in [-0.15, -0.1) is 11.8 Å². The fraction of sp³-hybridized carbons (Fsp3) is 0.500. The number of halogens is 1. The Bertz CT molecular complexity index is 447. The van der Waals surface area contributed by atoms with E-state index < -0.39 is 5.54 Å². The van der Waals surface area contributed by atoms with Crippen LogP contribution in [-0.4, -0.2) is 23.2 Å². The van der Waals surface area contributed by atoms with E-state index in [0.717, 1.165) is 29.5 Å². The number of rotatable bonds is 7. The van der Waals surface area contributed by atoms with Crippen molar-refractivity contribution in [3.63, 3.8) is 0 Å². The van der Waals surface area contributed by atoms with Gasteiger partial charge in [0, 0.05) is 21.2 Å². The third-order valence-corrected chi connectivity index (χ3v) is 4.87. The topological polar surface area (TPSA) is 55.1 Å². The van der Waals surface area contributed by atoms with Crippen molar-refractivity contribution in [1.82, 2.24) is 5.32 Å². The normalized spacial score (nSPS) is 18.0. The van der Waals surface area contributed by atoms with Crippen LogP contribution in [0.15, 0.2) is 33.6 Å². The van der Waals surface area contributed by atoms with Gasteiger partial charge in [0.05, 0.1) is 5.54 Å². The Morgan fingerprint density at radius 3 is 2.63 bits per heavy atom. The van der Waals surface area contributed by atoms with Crippen molar-refractivity contribution in [2.75, 3.05) is 5.75 Å². The third-order valence-electron chi connectivity index (χ3n) is 3.33. The highest BCUT2D eigenvalue weighted by molar-refractivity contribution is 9.10. The Balaban J connectivity index is 1.84. The summed E-state index contributed by atoms with van der Waals surface area (Å²) in [5.41, 5.74) is 4.95. The molecule has 1 aromatic rings. The molecule has 1 saturated carbocycles. The van der Waals surface area contributed by atoms with E-state index in [2.05, 4.69) is 33.4 Å². The molecule has 3 nitrogen and oxygen atoms in total. The van der Waals surface area contributed by atoms with Crippen molar-refractivity contribution in [3.05, 3.63) is 28.7 Å². The molecule has 1 aromatic carbocycles. The first kappa shape index (κ1) is 14.9. The summed E-state index contributed by atoms with van der Waals surface area (Å²) in [6.45, 7) is 1.91. The van der Waals surface area contributed by atoms with Crippen LogP contribution in [0.5, 0.6) is 0 Å². The zero-order valence-electron chi connectivity index (χ0n) is 11.0. The van der Waals surface area contributed by atoms with Crippen molar-refractivity contribution in [3.8, 4) is 0 Å². The molecule has 0 spiro atoms. The van der Waals surface area contributed by atoms with Crippen molar-refractivity contribution in [2.45, 2.75) is 42.7 Å². The van der Waals surface area contributed by atoms with Gasteiger partial charge in [-0.25, -0.2) is 0 Å². The monoisotopic (exact) mass is 342 g/mol. The first-order valence-electron chi connectivity index (χ1n) is 6.45. The second kappa shape index (κ2) is 6.29. The van der Waals surface area contributed by atoms with Crippen LogP contribution in [0, 0.1) is 0 Å². The maximum absolute atomic E-state index is 11.6. The van der Waals surface area contributed by atoms with Gasteiger partial charge < -0.3 is 11.1 Å². The van der Waals surface area contributed by atoms with E-state index in [9.17, 15) is 4.79 Å². The van der Waals surface area contributed by atoms with E-state index in [1.807, 2.05) is 19.1 Å².